The van der Waals surface area contributed by atoms with E-state index in [4.69, 9.17) is 10.6 Å². The summed E-state index contributed by atoms with van der Waals surface area (Å²) in [7, 11) is 0. The zero-order valence-corrected chi connectivity index (χ0v) is 9.78. The highest BCUT2D eigenvalue weighted by Crippen LogP contribution is 2.00. The van der Waals surface area contributed by atoms with Crippen LogP contribution in [0.5, 0.6) is 0 Å². The Morgan fingerprint density at radius 1 is 1.25 bits per heavy atom. The first kappa shape index (κ1) is 13.0. The van der Waals surface area contributed by atoms with Crippen molar-refractivity contribution in [1.29, 1.82) is 0 Å². The highest BCUT2D eigenvalue weighted by atomic mass is 16.5. The van der Waals surface area contributed by atoms with Crippen molar-refractivity contribution in [2.75, 3.05) is 19.8 Å². The van der Waals surface area contributed by atoms with Gasteiger partial charge >= 0.3 is 0 Å². The normalized spacial score (nSPS) is 10.6. The molecule has 0 amide bonds. The largest absolute Gasteiger partial charge is 0.381 e. The molecule has 0 aliphatic heterocycles. The fourth-order valence-electron chi connectivity index (χ4n) is 1.31. The molecule has 3 N–H and O–H groups in total. The highest BCUT2D eigenvalue weighted by molar-refractivity contribution is 5.04. The molecule has 1 heterocycles. The number of hydrogen-bond acceptors (Lipinski definition) is 5. The summed E-state index contributed by atoms with van der Waals surface area (Å²) in [6, 6.07) is 0. The second kappa shape index (κ2) is 8.15. The summed E-state index contributed by atoms with van der Waals surface area (Å²) >= 11 is 0. The number of nitrogens with one attached hydrogen (secondary N) is 1. The Balaban J connectivity index is 2.01. The molecule has 0 spiro atoms. The van der Waals surface area contributed by atoms with Gasteiger partial charge in [-0.25, -0.2) is 9.97 Å². The van der Waals surface area contributed by atoms with Crippen LogP contribution in [0, 0.1) is 6.92 Å². The summed E-state index contributed by atoms with van der Waals surface area (Å²) in [6.07, 6.45) is 6.67. The van der Waals surface area contributed by atoms with Gasteiger partial charge in [0.05, 0.1) is 0 Å². The van der Waals surface area contributed by atoms with E-state index in [2.05, 4.69) is 15.4 Å². The van der Waals surface area contributed by atoms with Crippen molar-refractivity contribution in [3.63, 3.8) is 0 Å². The molecule has 0 aliphatic carbocycles. The lowest BCUT2D eigenvalue weighted by atomic mass is 10.2. The zero-order chi connectivity index (χ0) is 11.6. The van der Waals surface area contributed by atoms with E-state index in [1.54, 1.807) is 0 Å². The molecule has 0 radical (unpaired) electrons. The van der Waals surface area contributed by atoms with Crippen LogP contribution in [0.15, 0.2) is 12.4 Å². The number of nitrogens with two attached hydrogens (primary N) is 1. The lowest BCUT2D eigenvalue weighted by molar-refractivity contribution is 0.129. The standard InChI is InChI=1S/C11H20N4O/c1-10-13-8-11(9-14-10)4-2-6-16-7-3-5-15-12/h8-9,15H,2-7,12H2,1H3. The van der Waals surface area contributed by atoms with Gasteiger partial charge in [0.15, 0.2) is 0 Å². The van der Waals surface area contributed by atoms with Gasteiger partial charge in [-0.3, -0.25) is 11.3 Å². The molecule has 0 saturated heterocycles. The molecular weight excluding hydrogens is 204 g/mol. The first-order valence-corrected chi connectivity index (χ1v) is 5.61. The molecule has 16 heavy (non-hydrogen) atoms. The van der Waals surface area contributed by atoms with E-state index in [1.165, 1.54) is 0 Å². The summed E-state index contributed by atoms with van der Waals surface area (Å²) in [5, 5.41) is 0. The molecule has 1 aromatic rings. The van der Waals surface area contributed by atoms with Gasteiger partial charge in [0.25, 0.3) is 0 Å². The van der Waals surface area contributed by atoms with Crippen molar-refractivity contribution >= 4 is 0 Å². The van der Waals surface area contributed by atoms with Crippen molar-refractivity contribution in [2.45, 2.75) is 26.2 Å². The van der Waals surface area contributed by atoms with Gasteiger partial charge in [0, 0.05) is 32.2 Å². The minimum Gasteiger partial charge on any atom is -0.381 e. The molecule has 5 nitrogen and oxygen atoms in total. The van der Waals surface area contributed by atoms with E-state index in [0.717, 1.165) is 50.4 Å². The number of rotatable bonds is 8. The molecule has 90 valence electrons. The van der Waals surface area contributed by atoms with E-state index in [0.29, 0.717) is 0 Å². The van der Waals surface area contributed by atoms with Crippen LogP contribution in [0.4, 0.5) is 0 Å². The number of ether oxygens (including phenoxy) is 1. The molecule has 0 aliphatic rings. The third kappa shape index (κ3) is 5.75. The van der Waals surface area contributed by atoms with E-state index in [-0.39, 0.29) is 0 Å². The first-order chi connectivity index (χ1) is 7.83. The highest BCUT2D eigenvalue weighted by Gasteiger charge is 1.95. The van der Waals surface area contributed by atoms with Crippen molar-refractivity contribution in [1.82, 2.24) is 15.4 Å². The van der Waals surface area contributed by atoms with Gasteiger partial charge in [-0.1, -0.05) is 0 Å². The summed E-state index contributed by atoms with van der Waals surface area (Å²) in [5.41, 5.74) is 3.76. The minimum absolute atomic E-state index is 0.759. The Morgan fingerprint density at radius 2 is 1.94 bits per heavy atom. The molecule has 1 aromatic heterocycles. The maximum absolute atomic E-state index is 5.44. The predicted octanol–water partition coefficient (Wildman–Crippen LogP) is 0.588. The maximum atomic E-state index is 5.44. The summed E-state index contributed by atoms with van der Waals surface area (Å²) < 4.78 is 5.44. The van der Waals surface area contributed by atoms with Gasteiger partial charge < -0.3 is 4.74 Å². The van der Waals surface area contributed by atoms with Crippen LogP contribution in [-0.4, -0.2) is 29.7 Å². The average molecular weight is 224 g/mol. The number of nitrogens with zero attached hydrogens (tertiary/aromatic N) is 2. The molecule has 0 bridgehead atoms. The van der Waals surface area contributed by atoms with Gasteiger partial charge in [-0.2, -0.15) is 0 Å². The fraction of sp³-hybridized carbons (Fsp3) is 0.636. The molecule has 0 atom stereocenters. The maximum Gasteiger partial charge on any atom is 0.125 e. The molecule has 0 fully saturated rings. The Hall–Kier alpha value is -1.04. The smallest absolute Gasteiger partial charge is 0.125 e. The van der Waals surface area contributed by atoms with Crippen LogP contribution in [0.2, 0.25) is 0 Å². The number of hydrazine groups is 1. The second-order valence-corrected chi connectivity index (χ2v) is 3.66. The Labute approximate surface area is 96.4 Å². The van der Waals surface area contributed by atoms with Crippen LogP contribution in [-0.2, 0) is 11.2 Å². The van der Waals surface area contributed by atoms with E-state index >= 15 is 0 Å². The minimum atomic E-state index is 0.759. The second-order valence-electron chi connectivity index (χ2n) is 3.66. The molecule has 5 heteroatoms. The molecular formula is C11H20N4O. The van der Waals surface area contributed by atoms with Gasteiger partial charge in [-0.05, 0) is 31.7 Å². The van der Waals surface area contributed by atoms with E-state index in [1.807, 2.05) is 19.3 Å². The van der Waals surface area contributed by atoms with Crippen LogP contribution in [0.1, 0.15) is 24.2 Å². The molecule has 0 saturated carbocycles. The third-order valence-electron chi connectivity index (χ3n) is 2.20. The van der Waals surface area contributed by atoms with Crippen molar-refractivity contribution in [3.8, 4) is 0 Å². The Bertz CT molecular complexity index is 276. The average Bonchev–Trinajstić information content (AvgIpc) is 2.30. The third-order valence-corrected chi connectivity index (χ3v) is 2.20. The molecule has 1 rings (SSSR count). The summed E-state index contributed by atoms with van der Waals surface area (Å²) in [4.78, 5) is 8.29. The predicted molar refractivity (Wildman–Crippen MR) is 62.7 cm³/mol. The lowest BCUT2D eigenvalue weighted by Crippen LogP contribution is -2.23. The number of aromatic nitrogens is 2. The van der Waals surface area contributed by atoms with Crippen LogP contribution in [0.25, 0.3) is 0 Å². The first-order valence-electron chi connectivity index (χ1n) is 5.61. The Kier molecular flexibility index (Phi) is 6.64. The quantitative estimate of drug-likeness (QED) is 0.384. The van der Waals surface area contributed by atoms with Crippen LogP contribution < -0.4 is 11.3 Å². The molecule has 0 unspecified atom stereocenters. The van der Waals surface area contributed by atoms with Crippen molar-refractivity contribution in [3.05, 3.63) is 23.8 Å². The fourth-order valence-corrected chi connectivity index (χ4v) is 1.31. The van der Waals surface area contributed by atoms with E-state index < -0.39 is 0 Å². The van der Waals surface area contributed by atoms with E-state index in [9.17, 15) is 0 Å². The summed E-state index contributed by atoms with van der Waals surface area (Å²) in [5.74, 6) is 5.95. The Morgan fingerprint density at radius 3 is 2.62 bits per heavy atom. The van der Waals surface area contributed by atoms with Gasteiger partial charge in [-0.15, -0.1) is 0 Å². The number of aryl methyl sites for hydroxylation is 2. The zero-order valence-electron chi connectivity index (χ0n) is 9.78. The molecule has 0 aromatic carbocycles. The van der Waals surface area contributed by atoms with Crippen LogP contribution >= 0.6 is 0 Å². The topological polar surface area (TPSA) is 73.1 Å². The van der Waals surface area contributed by atoms with Gasteiger partial charge in [0.2, 0.25) is 0 Å². The van der Waals surface area contributed by atoms with Gasteiger partial charge in [0.1, 0.15) is 5.82 Å². The van der Waals surface area contributed by atoms with Crippen molar-refractivity contribution < 1.29 is 4.74 Å². The number of hydrogen-bond donors (Lipinski definition) is 2. The summed E-state index contributed by atoms with van der Waals surface area (Å²) in [6.45, 7) is 4.22. The van der Waals surface area contributed by atoms with Crippen molar-refractivity contribution in [2.24, 2.45) is 5.84 Å². The monoisotopic (exact) mass is 224 g/mol. The van der Waals surface area contributed by atoms with Crippen LogP contribution in [0.3, 0.4) is 0 Å². The SMILES string of the molecule is Cc1ncc(CCCOCCCNN)cn1. The lowest BCUT2D eigenvalue weighted by Gasteiger charge is -2.04.